The predicted molar refractivity (Wildman–Crippen MR) is 113 cm³/mol. The van der Waals surface area contributed by atoms with E-state index in [1.807, 2.05) is 55.1 Å². The van der Waals surface area contributed by atoms with Crippen LogP contribution in [0.2, 0.25) is 0 Å². The Kier molecular flexibility index (Phi) is 5.38. The van der Waals surface area contributed by atoms with Gasteiger partial charge in [0.1, 0.15) is 11.5 Å². The lowest BCUT2D eigenvalue weighted by Crippen LogP contribution is -2.34. The van der Waals surface area contributed by atoms with Crippen LogP contribution in [0.5, 0.6) is 11.5 Å². The zero-order valence-electron chi connectivity index (χ0n) is 17.1. The zero-order chi connectivity index (χ0) is 20.4. The first-order valence-electron chi connectivity index (χ1n) is 9.99. The number of hydrogen-bond donors (Lipinski definition) is 0. The first kappa shape index (κ1) is 19.2. The number of amides is 1. The molecule has 0 spiro atoms. The zero-order valence-corrected chi connectivity index (χ0v) is 17.1. The summed E-state index contributed by atoms with van der Waals surface area (Å²) in [6.07, 6.45) is 1.94. The van der Waals surface area contributed by atoms with Crippen LogP contribution in [0.25, 0.3) is 10.9 Å². The number of aromatic nitrogens is 1. The van der Waals surface area contributed by atoms with Gasteiger partial charge in [-0.1, -0.05) is 23.8 Å². The van der Waals surface area contributed by atoms with Gasteiger partial charge < -0.3 is 14.4 Å². The molecule has 1 saturated heterocycles. The van der Waals surface area contributed by atoms with Crippen molar-refractivity contribution in [2.45, 2.75) is 32.7 Å². The molecular formula is C24H26N2O3. The topological polar surface area (TPSA) is 51.7 Å². The van der Waals surface area contributed by atoms with Gasteiger partial charge in [-0.2, -0.15) is 0 Å². The Bertz CT molecular complexity index is 1050. The molecule has 29 heavy (non-hydrogen) atoms. The Morgan fingerprint density at radius 1 is 1.17 bits per heavy atom. The highest BCUT2D eigenvalue weighted by Crippen LogP contribution is 2.34. The Hall–Kier alpha value is -3.08. The standard InChI is InChI=1S/C24H26N2O3/c1-16-9-10-21-20(12-16)23(13-17(2)25-21)29-15-24(27)26-11-5-8-22(26)18-6-4-7-19(14-18)28-3/h4,6-7,9-10,12-14,22H,5,8,11,15H2,1-3H3/t22-/m0/s1. The van der Waals surface area contributed by atoms with E-state index in [1.165, 1.54) is 0 Å². The largest absolute Gasteiger partial charge is 0.497 e. The number of aryl methyl sites for hydroxylation is 2. The minimum atomic E-state index is 0.00517. The molecule has 1 atom stereocenters. The van der Waals surface area contributed by atoms with Crippen LogP contribution in [0.1, 0.15) is 35.7 Å². The van der Waals surface area contributed by atoms with Crippen LogP contribution in [0.4, 0.5) is 0 Å². The third-order valence-corrected chi connectivity index (χ3v) is 5.46. The summed E-state index contributed by atoms with van der Waals surface area (Å²) in [5, 5.41) is 0.939. The van der Waals surface area contributed by atoms with E-state index < -0.39 is 0 Å². The van der Waals surface area contributed by atoms with E-state index in [2.05, 4.69) is 17.1 Å². The fourth-order valence-electron chi connectivity index (χ4n) is 4.04. The fraction of sp³-hybridized carbons (Fsp3) is 0.333. The maximum absolute atomic E-state index is 13.0. The summed E-state index contributed by atoms with van der Waals surface area (Å²) in [6, 6.07) is 16.0. The van der Waals surface area contributed by atoms with Crippen molar-refractivity contribution in [3.63, 3.8) is 0 Å². The summed E-state index contributed by atoms with van der Waals surface area (Å²) in [4.78, 5) is 19.5. The number of carbonyl (C=O) groups is 1. The summed E-state index contributed by atoms with van der Waals surface area (Å²) >= 11 is 0. The number of methoxy groups -OCH3 is 1. The molecule has 0 N–H and O–H groups in total. The fourth-order valence-corrected chi connectivity index (χ4v) is 4.04. The highest BCUT2D eigenvalue weighted by Gasteiger charge is 2.30. The summed E-state index contributed by atoms with van der Waals surface area (Å²) in [7, 11) is 1.66. The van der Waals surface area contributed by atoms with Gasteiger partial charge in [-0.3, -0.25) is 9.78 Å². The van der Waals surface area contributed by atoms with Crippen molar-refractivity contribution in [3.8, 4) is 11.5 Å². The van der Waals surface area contributed by atoms with Crippen molar-refractivity contribution in [3.05, 3.63) is 65.4 Å². The maximum atomic E-state index is 13.0. The number of benzene rings is 2. The molecule has 3 aromatic rings. The predicted octanol–water partition coefficient (Wildman–Crippen LogP) is 4.60. The number of rotatable bonds is 5. The van der Waals surface area contributed by atoms with E-state index >= 15 is 0 Å². The van der Waals surface area contributed by atoms with Gasteiger partial charge >= 0.3 is 0 Å². The Labute approximate surface area is 171 Å². The van der Waals surface area contributed by atoms with Gasteiger partial charge in [0, 0.05) is 23.7 Å². The second kappa shape index (κ2) is 8.11. The monoisotopic (exact) mass is 390 g/mol. The lowest BCUT2D eigenvalue weighted by molar-refractivity contribution is -0.134. The number of pyridine rings is 1. The Morgan fingerprint density at radius 2 is 2.03 bits per heavy atom. The molecule has 4 rings (SSSR count). The molecule has 0 saturated carbocycles. The van der Waals surface area contributed by atoms with Gasteiger partial charge in [-0.15, -0.1) is 0 Å². The van der Waals surface area contributed by atoms with Crippen LogP contribution in [0.15, 0.2) is 48.5 Å². The molecule has 0 radical (unpaired) electrons. The van der Waals surface area contributed by atoms with Crippen LogP contribution in [-0.4, -0.2) is 36.1 Å². The van der Waals surface area contributed by atoms with E-state index in [1.54, 1.807) is 7.11 Å². The Balaban J connectivity index is 1.52. The number of nitrogens with zero attached hydrogens (tertiary/aromatic N) is 2. The Morgan fingerprint density at radius 3 is 2.86 bits per heavy atom. The molecule has 0 bridgehead atoms. The smallest absolute Gasteiger partial charge is 0.261 e. The highest BCUT2D eigenvalue weighted by molar-refractivity contribution is 5.86. The van der Waals surface area contributed by atoms with Crippen molar-refractivity contribution in [1.82, 2.24) is 9.88 Å². The van der Waals surface area contributed by atoms with Crippen molar-refractivity contribution in [1.29, 1.82) is 0 Å². The van der Waals surface area contributed by atoms with Gasteiger partial charge in [0.25, 0.3) is 5.91 Å². The third kappa shape index (κ3) is 4.04. The minimum Gasteiger partial charge on any atom is -0.497 e. The molecule has 1 aromatic heterocycles. The van der Waals surface area contributed by atoms with Crippen LogP contribution in [0, 0.1) is 13.8 Å². The van der Waals surface area contributed by atoms with E-state index in [4.69, 9.17) is 9.47 Å². The van der Waals surface area contributed by atoms with Crippen LogP contribution in [-0.2, 0) is 4.79 Å². The lowest BCUT2D eigenvalue weighted by Gasteiger charge is -2.25. The third-order valence-electron chi connectivity index (χ3n) is 5.46. The van der Waals surface area contributed by atoms with Gasteiger partial charge in [-0.05, 0) is 56.5 Å². The summed E-state index contributed by atoms with van der Waals surface area (Å²) in [5.41, 5.74) is 4.00. The first-order chi connectivity index (χ1) is 14.0. The first-order valence-corrected chi connectivity index (χ1v) is 9.99. The van der Waals surface area contributed by atoms with E-state index in [-0.39, 0.29) is 18.6 Å². The summed E-state index contributed by atoms with van der Waals surface area (Å²) in [6.45, 7) is 4.75. The molecule has 5 heteroatoms. The van der Waals surface area contributed by atoms with Crippen molar-refractivity contribution in [2.75, 3.05) is 20.3 Å². The second-order valence-electron chi connectivity index (χ2n) is 7.59. The van der Waals surface area contributed by atoms with E-state index in [0.29, 0.717) is 5.75 Å². The van der Waals surface area contributed by atoms with Crippen LogP contribution >= 0.6 is 0 Å². The highest BCUT2D eigenvalue weighted by atomic mass is 16.5. The van der Waals surface area contributed by atoms with E-state index in [9.17, 15) is 4.79 Å². The molecule has 5 nitrogen and oxygen atoms in total. The average molecular weight is 390 g/mol. The maximum Gasteiger partial charge on any atom is 0.261 e. The minimum absolute atomic E-state index is 0.00517. The molecule has 2 heterocycles. The number of likely N-dealkylation sites (tertiary alicyclic amines) is 1. The van der Waals surface area contributed by atoms with Crippen molar-refractivity contribution < 1.29 is 14.3 Å². The number of fused-ring (bicyclic) bond motifs is 1. The SMILES string of the molecule is COc1cccc([C@@H]2CCCN2C(=O)COc2cc(C)nc3ccc(C)cc23)c1. The summed E-state index contributed by atoms with van der Waals surface area (Å²) in [5.74, 6) is 1.53. The molecular weight excluding hydrogens is 364 g/mol. The number of carbonyl (C=O) groups excluding carboxylic acids is 1. The van der Waals surface area contributed by atoms with Gasteiger partial charge in [-0.25, -0.2) is 0 Å². The van der Waals surface area contributed by atoms with Gasteiger partial charge in [0.05, 0.1) is 18.7 Å². The summed E-state index contributed by atoms with van der Waals surface area (Å²) < 4.78 is 11.3. The van der Waals surface area contributed by atoms with Crippen molar-refractivity contribution >= 4 is 16.8 Å². The molecule has 0 unspecified atom stereocenters. The number of ether oxygens (including phenoxy) is 2. The molecule has 1 aliphatic heterocycles. The second-order valence-corrected chi connectivity index (χ2v) is 7.59. The number of hydrogen-bond acceptors (Lipinski definition) is 4. The van der Waals surface area contributed by atoms with Crippen LogP contribution in [0.3, 0.4) is 0 Å². The molecule has 150 valence electrons. The average Bonchev–Trinajstić information content (AvgIpc) is 3.22. The molecule has 2 aromatic carbocycles. The molecule has 0 aliphatic carbocycles. The lowest BCUT2D eigenvalue weighted by atomic mass is 10.0. The quantitative estimate of drug-likeness (QED) is 0.639. The molecule has 1 amide bonds. The normalized spacial score (nSPS) is 16.2. The molecule has 1 aliphatic rings. The van der Waals surface area contributed by atoms with Gasteiger partial charge in [0.2, 0.25) is 0 Å². The molecule has 1 fully saturated rings. The van der Waals surface area contributed by atoms with E-state index in [0.717, 1.165) is 52.9 Å². The van der Waals surface area contributed by atoms with Gasteiger partial charge in [0.15, 0.2) is 6.61 Å². The van der Waals surface area contributed by atoms with Crippen LogP contribution < -0.4 is 9.47 Å². The van der Waals surface area contributed by atoms with Crippen molar-refractivity contribution in [2.24, 2.45) is 0 Å².